The predicted octanol–water partition coefficient (Wildman–Crippen LogP) is 6.08. The van der Waals surface area contributed by atoms with Gasteiger partial charge in [0, 0.05) is 31.8 Å². The molecular weight excluding hydrogens is 554 g/mol. The minimum atomic E-state index is -3.36. The van der Waals surface area contributed by atoms with Crippen molar-refractivity contribution in [1.29, 1.82) is 0 Å². The molecule has 2 atom stereocenters. The van der Waals surface area contributed by atoms with Crippen LogP contribution in [0.4, 0.5) is 0 Å². The molecule has 0 amide bonds. The fourth-order valence-corrected chi connectivity index (χ4v) is 12.3. The summed E-state index contributed by atoms with van der Waals surface area (Å²) in [6, 6.07) is 45.3. The maximum absolute atomic E-state index is 15.7. The van der Waals surface area contributed by atoms with Crippen molar-refractivity contribution >= 4 is 67.9 Å². The van der Waals surface area contributed by atoms with Crippen LogP contribution >= 0.6 is 14.3 Å². The van der Waals surface area contributed by atoms with Gasteiger partial charge in [-0.3, -0.25) is 4.57 Å². The number of para-hydroxylation sites is 1. The molecule has 0 N–H and O–H groups in total. The van der Waals surface area contributed by atoms with Gasteiger partial charge in [-0.05, 0) is 54.1 Å². The van der Waals surface area contributed by atoms with E-state index in [9.17, 15) is 0 Å². The van der Waals surface area contributed by atoms with E-state index in [-0.39, 0.29) is 0 Å². The molecule has 2 unspecified atom stereocenters. The van der Waals surface area contributed by atoms with E-state index < -0.39 is 14.3 Å². The minimum Gasteiger partial charge on any atom is -0.309 e. The topological polar surface area (TPSA) is 52.0 Å². The van der Waals surface area contributed by atoms with Crippen LogP contribution in [0.1, 0.15) is 5.82 Å². The molecule has 0 saturated carbocycles. The van der Waals surface area contributed by atoms with Crippen LogP contribution in [0.25, 0.3) is 27.5 Å². The van der Waals surface area contributed by atoms with Crippen LogP contribution in [0.3, 0.4) is 0 Å². The quantitative estimate of drug-likeness (QED) is 0.237. The zero-order chi connectivity index (χ0) is 28.5. The lowest BCUT2D eigenvalue weighted by atomic mass is 10.1. The molecule has 8 rings (SSSR count). The van der Waals surface area contributed by atoms with Gasteiger partial charge in [-0.15, -0.1) is 0 Å². The first kappa shape index (κ1) is 25.2. The van der Waals surface area contributed by atoms with Crippen LogP contribution in [-0.4, -0.2) is 9.55 Å². The number of rotatable bonds is 4. The van der Waals surface area contributed by atoms with E-state index in [2.05, 4.69) is 16.7 Å². The van der Waals surface area contributed by atoms with Gasteiger partial charge in [0.1, 0.15) is 5.82 Å². The molecule has 2 heterocycles. The molecule has 0 saturated heterocycles. The van der Waals surface area contributed by atoms with E-state index >= 15 is 9.13 Å². The molecule has 0 bridgehead atoms. The van der Waals surface area contributed by atoms with E-state index in [1.54, 1.807) is 0 Å². The molecular formula is C36H26N2O2P2. The Balaban J connectivity index is 1.46. The van der Waals surface area contributed by atoms with Gasteiger partial charge in [0.15, 0.2) is 14.3 Å². The number of fused-ring (bicyclic) bond motifs is 3. The van der Waals surface area contributed by atoms with Crippen LogP contribution in [0.5, 0.6) is 0 Å². The summed E-state index contributed by atoms with van der Waals surface area (Å²) in [6.45, 7) is 1.98. The maximum atomic E-state index is 15.7. The lowest BCUT2D eigenvalue weighted by molar-refractivity contribution is 0.592. The Morgan fingerprint density at radius 3 is 2.07 bits per heavy atom. The zero-order valence-electron chi connectivity index (χ0n) is 22.9. The first-order chi connectivity index (χ1) is 20.5. The van der Waals surface area contributed by atoms with Crippen LogP contribution in [0.15, 0.2) is 140 Å². The largest absolute Gasteiger partial charge is 0.309 e. The van der Waals surface area contributed by atoms with E-state index in [1.165, 1.54) is 0 Å². The Bertz CT molecular complexity index is 2270. The average molecular weight is 581 g/mol. The number of imidazole rings is 1. The molecule has 1 aliphatic rings. The first-order valence-electron chi connectivity index (χ1n) is 13.9. The van der Waals surface area contributed by atoms with Crippen molar-refractivity contribution in [2.24, 2.45) is 0 Å². The number of nitrogens with zero attached hydrogens (tertiary/aromatic N) is 2. The lowest BCUT2D eigenvalue weighted by Gasteiger charge is -2.30. The summed E-state index contributed by atoms with van der Waals surface area (Å²) in [5.41, 5.74) is 2.52. The van der Waals surface area contributed by atoms with Crippen molar-refractivity contribution in [2.75, 3.05) is 0 Å². The van der Waals surface area contributed by atoms with Crippen molar-refractivity contribution < 1.29 is 9.13 Å². The fraction of sp³-hybridized carbons (Fsp3) is 0.0278. The molecule has 6 heteroatoms. The van der Waals surface area contributed by atoms with Gasteiger partial charge in [0.25, 0.3) is 0 Å². The molecule has 6 aromatic carbocycles. The zero-order valence-corrected chi connectivity index (χ0v) is 24.7. The Kier molecular flexibility index (Phi) is 5.56. The number of aromatic nitrogens is 2. The SMILES string of the molecule is Cc1nc2cccc3c2n1-c1ccc(P(=O)(c2ccccc2)c2ccc4ccccc4c2)cc1P3(=O)c1ccccc1. The van der Waals surface area contributed by atoms with Crippen molar-refractivity contribution in [3.05, 3.63) is 145 Å². The van der Waals surface area contributed by atoms with Gasteiger partial charge in [-0.2, -0.15) is 0 Å². The fourth-order valence-electron chi connectivity index (χ4n) is 6.43. The van der Waals surface area contributed by atoms with Crippen LogP contribution < -0.4 is 31.8 Å². The predicted molar refractivity (Wildman–Crippen MR) is 176 cm³/mol. The van der Waals surface area contributed by atoms with Gasteiger partial charge in [0.2, 0.25) is 0 Å². The molecule has 0 spiro atoms. The summed E-state index contributed by atoms with van der Waals surface area (Å²) < 4.78 is 33.4. The molecule has 1 aliphatic heterocycles. The Morgan fingerprint density at radius 2 is 1.29 bits per heavy atom. The van der Waals surface area contributed by atoms with Crippen molar-refractivity contribution in [1.82, 2.24) is 9.55 Å². The Hall–Kier alpha value is -4.49. The molecule has 0 radical (unpaired) electrons. The third-order valence-corrected chi connectivity index (χ3v) is 14.5. The second-order valence-corrected chi connectivity index (χ2v) is 16.2. The standard InChI is InChI=1S/C36H26N2O2P2/c1-25-37-32-17-10-18-34-36(32)38(25)33-22-21-31(24-35(33)42(34,40)29-15-6-3-7-16-29)41(39,28-13-4-2-5-14-28)30-20-19-26-11-8-9-12-27(26)23-30/h2-24H,1H3. The molecule has 202 valence electrons. The second-order valence-electron chi connectivity index (χ2n) is 10.7. The molecule has 4 nitrogen and oxygen atoms in total. The first-order valence-corrected chi connectivity index (χ1v) is 17.4. The van der Waals surface area contributed by atoms with Crippen LogP contribution in [0, 0.1) is 6.92 Å². The Labute approximate surface area is 244 Å². The third-order valence-electron chi connectivity index (χ3n) is 8.40. The van der Waals surface area contributed by atoms with Crippen LogP contribution in [0.2, 0.25) is 0 Å². The molecule has 0 fully saturated rings. The molecule has 7 aromatic rings. The number of hydrogen-bond acceptors (Lipinski definition) is 3. The molecule has 42 heavy (non-hydrogen) atoms. The summed E-state index contributed by atoms with van der Waals surface area (Å²) in [5, 5.41) is 6.47. The number of aryl methyl sites for hydroxylation is 1. The third kappa shape index (κ3) is 3.46. The van der Waals surface area contributed by atoms with E-state index in [0.29, 0.717) is 10.6 Å². The highest BCUT2D eigenvalue weighted by atomic mass is 31.2. The maximum Gasteiger partial charge on any atom is 0.175 e. The highest BCUT2D eigenvalue weighted by Crippen LogP contribution is 2.51. The molecule has 1 aromatic heterocycles. The highest BCUT2D eigenvalue weighted by molar-refractivity contribution is 7.87. The van der Waals surface area contributed by atoms with Crippen molar-refractivity contribution in [2.45, 2.75) is 6.92 Å². The van der Waals surface area contributed by atoms with Crippen LogP contribution in [-0.2, 0) is 9.13 Å². The smallest absolute Gasteiger partial charge is 0.175 e. The van der Waals surface area contributed by atoms with E-state index in [1.807, 2.05) is 134 Å². The van der Waals surface area contributed by atoms with Gasteiger partial charge >= 0.3 is 0 Å². The number of hydrogen-bond donors (Lipinski definition) is 0. The van der Waals surface area contributed by atoms with Gasteiger partial charge < -0.3 is 9.13 Å². The van der Waals surface area contributed by atoms with Crippen molar-refractivity contribution in [3.8, 4) is 5.69 Å². The van der Waals surface area contributed by atoms with Gasteiger partial charge in [-0.1, -0.05) is 103 Å². The summed E-state index contributed by atoms with van der Waals surface area (Å²) in [6.07, 6.45) is 0. The van der Waals surface area contributed by atoms with Crippen molar-refractivity contribution in [3.63, 3.8) is 0 Å². The van der Waals surface area contributed by atoms with E-state index in [0.717, 1.165) is 54.5 Å². The second kappa shape index (κ2) is 9.26. The van der Waals surface area contributed by atoms with Gasteiger partial charge in [0.05, 0.1) is 16.7 Å². The minimum absolute atomic E-state index is 0.660. The average Bonchev–Trinajstić information content (AvgIpc) is 3.39. The normalized spacial score (nSPS) is 17.2. The summed E-state index contributed by atoms with van der Waals surface area (Å²) in [7, 11) is -6.71. The Morgan fingerprint density at radius 1 is 0.619 bits per heavy atom. The summed E-state index contributed by atoms with van der Waals surface area (Å²) in [5.74, 6) is 0.825. The van der Waals surface area contributed by atoms with E-state index in [4.69, 9.17) is 4.98 Å². The summed E-state index contributed by atoms with van der Waals surface area (Å²) in [4.78, 5) is 4.83. The monoisotopic (exact) mass is 580 g/mol. The molecule has 0 aliphatic carbocycles. The lowest BCUT2D eigenvalue weighted by Crippen LogP contribution is -2.36. The summed E-state index contributed by atoms with van der Waals surface area (Å²) >= 11 is 0. The highest BCUT2D eigenvalue weighted by Gasteiger charge is 2.41. The number of benzene rings is 6. The van der Waals surface area contributed by atoms with Gasteiger partial charge in [-0.25, -0.2) is 4.98 Å².